The minimum Gasteiger partial charge on any atom is -0.459 e. The second-order valence-electron chi connectivity index (χ2n) is 6.05. The van der Waals surface area contributed by atoms with Crippen LogP contribution in [0.3, 0.4) is 0 Å². The molecule has 1 aromatic carbocycles. The summed E-state index contributed by atoms with van der Waals surface area (Å²) >= 11 is 0. The predicted molar refractivity (Wildman–Crippen MR) is 91.0 cm³/mol. The molecule has 6 heteroatoms. The second kappa shape index (κ2) is 8.89. The fourth-order valence-corrected chi connectivity index (χ4v) is 2.58. The van der Waals surface area contributed by atoms with Crippen molar-refractivity contribution in [3.8, 4) is 0 Å². The van der Waals surface area contributed by atoms with Gasteiger partial charge in [0, 0.05) is 6.54 Å². The molecule has 23 heavy (non-hydrogen) atoms. The van der Waals surface area contributed by atoms with Gasteiger partial charge in [0.1, 0.15) is 12.6 Å². The SMILES string of the molecule is CC(C)C(N)C(=O)N1CCCC1C(=O)OCc1ccccc1.Cl. The number of nitrogens with zero attached hydrogens (tertiary/aromatic N) is 1. The van der Waals surface area contributed by atoms with Crippen LogP contribution in [0.25, 0.3) is 0 Å². The maximum absolute atomic E-state index is 12.4. The monoisotopic (exact) mass is 340 g/mol. The molecule has 1 aliphatic rings. The van der Waals surface area contributed by atoms with Gasteiger partial charge in [0.05, 0.1) is 6.04 Å². The van der Waals surface area contributed by atoms with Gasteiger partial charge in [-0.25, -0.2) is 4.79 Å². The molecule has 1 amide bonds. The van der Waals surface area contributed by atoms with Crippen LogP contribution in [-0.2, 0) is 20.9 Å². The zero-order chi connectivity index (χ0) is 16.1. The highest BCUT2D eigenvalue weighted by atomic mass is 35.5. The number of amides is 1. The minimum atomic E-state index is -0.567. The number of nitrogens with two attached hydrogens (primary N) is 1. The quantitative estimate of drug-likeness (QED) is 0.833. The summed E-state index contributed by atoms with van der Waals surface area (Å²) in [5, 5.41) is 0. The summed E-state index contributed by atoms with van der Waals surface area (Å²) in [6, 6.07) is 8.45. The molecule has 0 bridgehead atoms. The van der Waals surface area contributed by atoms with Gasteiger partial charge >= 0.3 is 5.97 Å². The molecule has 1 aliphatic heterocycles. The van der Waals surface area contributed by atoms with Crippen LogP contribution in [0.2, 0.25) is 0 Å². The topological polar surface area (TPSA) is 72.6 Å². The van der Waals surface area contributed by atoms with E-state index in [4.69, 9.17) is 10.5 Å². The Morgan fingerprint density at radius 1 is 1.30 bits per heavy atom. The number of esters is 1. The standard InChI is InChI=1S/C17H24N2O3.ClH/c1-12(2)15(18)16(20)19-10-6-9-14(19)17(21)22-11-13-7-4-3-5-8-13;/h3-5,7-8,12,14-15H,6,9-11,18H2,1-2H3;1H. The molecule has 1 aromatic rings. The molecule has 0 aliphatic carbocycles. The maximum atomic E-state index is 12.4. The van der Waals surface area contributed by atoms with Crippen molar-refractivity contribution < 1.29 is 14.3 Å². The van der Waals surface area contributed by atoms with Crippen molar-refractivity contribution in [3.05, 3.63) is 35.9 Å². The van der Waals surface area contributed by atoms with Crippen molar-refractivity contribution in [3.63, 3.8) is 0 Å². The summed E-state index contributed by atoms with van der Waals surface area (Å²) in [5.41, 5.74) is 6.86. The summed E-state index contributed by atoms with van der Waals surface area (Å²) in [4.78, 5) is 26.2. The molecular formula is C17H25ClN2O3. The lowest BCUT2D eigenvalue weighted by Gasteiger charge is -2.27. The normalized spacial score (nSPS) is 18.4. The van der Waals surface area contributed by atoms with Crippen molar-refractivity contribution >= 4 is 24.3 Å². The summed E-state index contributed by atoms with van der Waals surface area (Å²) < 4.78 is 5.36. The number of benzene rings is 1. The van der Waals surface area contributed by atoms with Gasteiger partial charge in [-0.15, -0.1) is 12.4 Å². The van der Waals surface area contributed by atoms with Gasteiger partial charge in [-0.1, -0.05) is 44.2 Å². The Morgan fingerprint density at radius 3 is 2.57 bits per heavy atom. The number of likely N-dealkylation sites (tertiary alicyclic amines) is 1. The van der Waals surface area contributed by atoms with Crippen LogP contribution in [0.15, 0.2) is 30.3 Å². The second-order valence-corrected chi connectivity index (χ2v) is 6.05. The van der Waals surface area contributed by atoms with E-state index in [1.807, 2.05) is 44.2 Å². The van der Waals surface area contributed by atoms with Crippen molar-refractivity contribution in [2.45, 2.75) is 45.4 Å². The van der Waals surface area contributed by atoms with Crippen LogP contribution in [0.1, 0.15) is 32.3 Å². The summed E-state index contributed by atoms with van der Waals surface area (Å²) in [5.74, 6) is -0.450. The molecule has 0 saturated carbocycles. The van der Waals surface area contributed by atoms with E-state index in [9.17, 15) is 9.59 Å². The molecule has 128 valence electrons. The van der Waals surface area contributed by atoms with Crippen LogP contribution in [0.4, 0.5) is 0 Å². The molecule has 5 nitrogen and oxygen atoms in total. The van der Waals surface area contributed by atoms with Crippen LogP contribution >= 0.6 is 12.4 Å². The molecule has 1 fully saturated rings. The van der Waals surface area contributed by atoms with E-state index in [2.05, 4.69) is 0 Å². The lowest BCUT2D eigenvalue weighted by atomic mass is 10.0. The first-order chi connectivity index (χ1) is 10.5. The molecule has 0 radical (unpaired) electrons. The lowest BCUT2D eigenvalue weighted by molar-refractivity contribution is -0.155. The summed E-state index contributed by atoms with van der Waals surface area (Å²) in [7, 11) is 0. The number of carbonyl (C=O) groups excluding carboxylic acids is 2. The number of ether oxygens (including phenoxy) is 1. The van der Waals surface area contributed by atoms with Crippen molar-refractivity contribution in [2.75, 3.05) is 6.54 Å². The molecular weight excluding hydrogens is 316 g/mol. The lowest BCUT2D eigenvalue weighted by Crippen LogP contribution is -2.50. The van der Waals surface area contributed by atoms with Crippen molar-refractivity contribution in [2.24, 2.45) is 11.7 Å². The molecule has 0 spiro atoms. The smallest absolute Gasteiger partial charge is 0.329 e. The third kappa shape index (κ3) is 4.94. The number of halogens is 1. The maximum Gasteiger partial charge on any atom is 0.329 e. The van der Waals surface area contributed by atoms with Crippen LogP contribution in [0, 0.1) is 5.92 Å². The number of hydrogen-bond acceptors (Lipinski definition) is 4. The molecule has 1 heterocycles. The van der Waals surface area contributed by atoms with E-state index < -0.39 is 12.1 Å². The largest absolute Gasteiger partial charge is 0.459 e. The van der Waals surface area contributed by atoms with Gasteiger partial charge in [0.2, 0.25) is 5.91 Å². The van der Waals surface area contributed by atoms with E-state index in [0.717, 1.165) is 12.0 Å². The van der Waals surface area contributed by atoms with Gasteiger partial charge in [0.15, 0.2) is 0 Å². The Hall–Kier alpha value is -1.59. The summed E-state index contributed by atoms with van der Waals surface area (Å²) in [6.45, 7) is 4.61. The first-order valence-electron chi connectivity index (χ1n) is 7.77. The van der Waals surface area contributed by atoms with E-state index in [1.165, 1.54) is 0 Å². The highest BCUT2D eigenvalue weighted by Gasteiger charge is 2.37. The zero-order valence-electron chi connectivity index (χ0n) is 13.6. The molecule has 2 atom stereocenters. The number of carbonyl (C=O) groups is 2. The van der Waals surface area contributed by atoms with Gasteiger partial charge in [-0.2, -0.15) is 0 Å². The van der Waals surface area contributed by atoms with Crippen LogP contribution in [0.5, 0.6) is 0 Å². The zero-order valence-corrected chi connectivity index (χ0v) is 14.4. The fourth-order valence-electron chi connectivity index (χ4n) is 2.58. The first kappa shape index (κ1) is 19.5. The highest BCUT2D eigenvalue weighted by molar-refractivity contribution is 5.88. The van der Waals surface area contributed by atoms with E-state index >= 15 is 0 Å². The van der Waals surface area contributed by atoms with E-state index in [-0.39, 0.29) is 36.8 Å². The third-order valence-electron chi connectivity index (χ3n) is 4.04. The Bertz CT molecular complexity index is 522. The van der Waals surface area contributed by atoms with E-state index in [0.29, 0.717) is 13.0 Å². The van der Waals surface area contributed by atoms with Gasteiger partial charge in [0.25, 0.3) is 0 Å². The molecule has 1 saturated heterocycles. The van der Waals surface area contributed by atoms with Crippen LogP contribution < -0.4 is 5.73 Å². The highest BCUT2D eigenvalue weighted by Crippen LogP contribution is 2.21. The number of hydrogen-bond donors (Lipinski definition) is 1. The van der Waals surface area contributed by atoms with Gasteiger partial charge in [-0.3, -0.25) is 4.79 Å². The van der Waals surface area contributed by atoms with Crippen LogP contribution in [-0.4, -0.2) is 35.4 Å². The minimum absolute atomic E-state index is 0. The average molecular weight is 341 g/mol. The Kier molecular flexibility index (Phi) is 7.52. The Balaban J connectivity index is 0.00000264. The molecule has 2 N–H and O–H groups in total. The predicted octanol–water partition coefficient (Wildman–Crippen LogP) is 2.13. The first-order valence-corrected chi connectivity index (χ1v) is 7.77. The van der Waals surface area contributed by atoms with Gasteiger partial charge < -0.3 is 15.4 Å². The Morgan fingerprint density at radius 2 is 1.96 bits per heavy atom. The Labute approximate surface area is 143 Å². The fraction of sp³-hybridized carbons (Fsp3) is 0.529. The molecule has 2 rings (SSSR count). The molecule has 0 aromatic heterocycles. The van der Waals surface area contributed by atoms with Crippen molar-refractivity contribution in [1.29, 1.82) is 0 Å². The van der Waals surface area contributed by atoms with Gasteiger partial charge in [-0.05, 0) is 24.3 Å². The third-order valence-corrected chi connectivity index (χ3v) is 4.04. The summed E-state index contributed by atoms with van der Waals surface area (Å²) in [6.07, 6.45) is 1.45. The van der Waals surface area contributed by atoms with E-state index in [1.54, 1.807) is 4.90 Å². The van der Waals surface area contributed by atoms with Crippen molar-refractivity contribution in [1.82, 2.24) is 4.90 Å². The average Bonchev–Trinajstić information content (AvgIpc) is 3.01. The number of rotatable bonds is 5. The molecule has 2 unspecified atom stereocenters.